The number of aromatic nitrogens is 1. The first kappa shape index (κ1) is 18.1. The molecule has 0 radical (unpaired) electrons. The molecular weight excluding hydrogens is 356 g/mol. The quantitative estimate of drug-likeness (QED) is 0.555. The summed E-state index contributed by atoms with van der Waals surface area (Å²) in [4.78, 5) is 7.46. The van der Waals surface area contributed by atoms with Crippen LogP contribution in [-0.2, 0) is 13.0 Å². The summed E-state index contributed by atoms with van der Waals surface area (Å²) < 4.78 is 0. The Kier molecular flexibility index (Phi) is 5.46. The molecule has 1 aliphatic rings. The van der Waals surface area contributed by atoms with Gasteiger partial charge in [0.25, 0.3) is 0 Å². The van der Waals surface area contributed by atoms with Crippen LogP contribution in [0.1, 0.15) is 31.0 Å². The highest BCUT2D eigenvalue weighted by molar-refractivity contribution is 6.31. The maximum absolute atomic E-state index is 6.22. The third-order valence-electron chi connectivity index (χ3n) is 5.11. The second kappa shape index (κ2) is 8.15. The van der Waals surface area contributed by atoms with Crippen LogP contribution in [0.25, 0.3) is 10.9 Å². The Bertz CT molecular complexity index is 926. The molecule has 1 aromatic heterocycles. The van der Waals surface area contributed by atoms with Gasteiger partial charge in [-0.2, -0.15) is 0 Å². The minimum atomic E-state index is 0.720. The van der Waals surface area contributed by atoms with E-state index in [9.17, 15) is 0 Å². The van der Waals surface area contributed by atoms with Crippen molar-refractivity contribution in [2.45, 2.75) is 32.7 Å². The number of benzene rings is 2. The first-order valence-electron chi connectivity index (χ1n) is 9.65. The van der Waals surface area contributed by atoms with E-state index < -0.39 is 0 Å². The van der Waals surface area contributed by atoms with Crippen molar-refractivity contribution >= 4 is 33.9 Å². The molecule has 0 saturated heterocycles. The fourth-order valence-electron chi connectivity index (χ4n) is 3.64. The van der Waals surface area contributed by atoms with Gasteiger partial charge >= 0.3 is 0 Å². The first-order valence-corrected chi connectivity index (χ1v) is 10.0. The van der Waals surface area contributed by atoms with Gasteiger partial charge in [-0.3, -0.25) is 15.3 Å². The number of rotatable bonds is 6. The standard InChI is InChI=1S/C22H25ClN4/c1-2-3-12-27-13-11-20-19(15-27)22(26-25-17-7-5-4-6-8-17)18-10-9-16(23)14-21(18)24-20/h4-10,14,25H,2-3,11-13,15H2,1H3,(H,24,26). The third-order valence-corrected chi connectivity index (χ3v) is 5.35. The van der Waals surface area contributed by atoms with Crippen LogP contribution in [0.15, 0.2) is 48.5 Å². The van der Waals surface area contributed by atoms with Crippen molar-refractivity contribution in [2.75, 3.05) is 23.9 Å². The second-order valence-electron chi connectivity index (χ2n) is 7.07. The highest BCUT2D eigenvalue weighted by atomic mass is 35.5. The molecule has 0 amide bonds. The number of nitrogens with zero attached hydrogens (tertiary/aromatic N) is 2. The summed E-state index contributed by atoms with van der Waals surface area (Å²) >= 11 is 6.22. The number of hydrogen-bond donors (Lipinski definition) is 2. The maximum atomic E-state index is 6.22. The van der Waals surface area contributed by atoms with Gasteiger partial charge in [0.15, 0.2) is 0 Å². The third kappa shape index (κ3) is 4.02. The molecule has 0 aliphatic carbocycles. The maximum Gasteiger partial charge on any atom is 0.0741 e. The van der Waals surface area contributed by atoms with E-state index in [-0.39, 0.29) is 0 Å². The predicted octanol–water partition coefficient (Wildman–Crippen LogP) is 5.49. The Hall–Kier alpha value is -2.30. The Morgan fingerprint density at radius 3 is 2.78 bits per heavy atom. The monoisotopic (exact) mass is 380 g/mol. The van der Waals surface area contributed by atoms with E-state index in [0.717, 1.165) is 53.4 Å². The number of fused-ring (bicyclic) bond motifs is 2. The lowest BCUT2D eigenvalue weighted by Crippen LogP contribution is -2.33. The number of para-hydroxylation sites is 1. The zero-order chi connectivity index (χ0) is 18.6. The summed E-state index contributed by atoms with van der Waals surface area (Å²) in [5.74, 6) is 0. The van der Waals surface area contributed by atoms with E-state index in [1.807, 2.05) is 42.5 Å². The lowest BCUT2D eigenvalue weighted by molar-refractivity contribution is 0.249. The summed E-state index contributed by atoms with van der Waals surface area (Å²) in [5, 5.41) is 1.82. The average Bonchev–Trinajstić information content (AvgIpc) is 2.70. The van der Waals surface area contributed by atoms with Gasteiger partial charge in [0.05, 0.1) is 16.9 Å². The predicted molar refractivity (Wildman–Crippen MR) is 114 cm³/mol. The highest BCUT2D eigenvalue weighted by Crippen LogP contribution is 2.33. The van der Waals surface area contributed by atoms with Crippen LogP contribution in [0.3, 0.4) is 0 Å². The molecule has 0 fully saturated rings. The van der Waals surface area contributed by atoms with Gasteiger partial charge in [0.2, 0.25) is 0 Å². The molecule has 2 aromatic carbocycles. The zero-order valence-electron chi connectivity index (χ0n) is 15.6. The van der Waals surface area contributed by atoms with Crippen LogP contribution in [0.4, 0.5) is 11.4 Å². The zero-order valence-corrected chi connectivity index (χ0v) is 16.4. The van der Waals surface area contributed by atoms with Crippen LogP contribution in [0.5, 0.6) is 0 Å². The average molecular weight is 381 g/mol. The lowest BCUT2D eigenvalue weighted by atomic mass is 10.00. The molecule has 4 rings (SSSR count). The Morgan fingerprint density at radius 2 is 1.96 bits per heavy atom. The smallest absolute Gasteiger partial charge is 0.0741 e. The van der Waals surface area contributed by atoms with Crippen molar-refractivity contribution in [1.82, 2.24) is 9.88 Å². The van der Waals surface area contributed by atoms with Gasteiger partial charge in [0.1, 0.15) is 0 Å². The van der Waals surface area contributed by atoms with Crippen LogP contribution < -0.4 is 10.9 Å². The van der Waals surface area contributed by atoms with Crippen molar-refractivity contribution < 1.29 is 0 Å². The van der Waals surface area contributed by atoms with E-state index in [4.69, 9.17) is 16.6 Å². The summed E-state index contributed by atoms with van der Waals surface area (Å²) in [5.41, 5.74) is 12.4. The molecule has 0 atom stereocenters. The molecule has 27 heavy (non-hydrogen) atoms. The minimum Gasteiger partial charge on any atom is -0.301 e. The topological polar surface area (TPSA) is 40.2 Å². The molecular formula is C22H25ClN4. The van der Waals surface area contributed by atoms with Gasteiger partial charge in [-0.1, -0.05) is 43.1 Å². The van der Waals surface area contributed by atoms with E-state index in [2.05, 4.69) is 28.7 Å². The summed E-state index contributed by atoms with van der Waals surface area (Å²) in [6, 6.07) is 16.1. The first-order chi connectivity index (χ1) is 13.2. The van der Waals surface area contributed by atoms with E-state index in [0.29, 0.717) is 0 Å². The molecule has 0 bridgehead atoms. The highest BCUT2D eigenvalue weighted by Gasteiger charge is 2.22. The second-order valence-corrected chi connectivity index (χ2v) is 7.51. The molecule has 1 aliphatic heterocycles. The van der Waals surface area contributed by atoms with Crippen LogP contribution >= 0.6 is 11.6 Å². The van der Waals surface area contributed by atoms with Gasteiger partial charge in [0, 0.05) is 41.2 Å². The fourth-order valence-corrected chi connectivity index (χ4v) is 3.81. The largest absolute Gasteiger partial charge is 0.301 e. The summed E-state index contributed by atoms with van der Waals surface area (Å²) in [6.45, 7) is 5.38. The molecule has 140 valence electrons. The molecule has 4 nitrogen and oxygen atoms in total. The van der Waals surface area contributed by atoms with Crippen molar-refractivity contribution in [3.05, 3.63) is 64.8 Å². The van der Waals surface area contributed by atoms with E-state index in [1.54, 1.807) is 0 Å². The number of pyridine rings is 1. The number of unbranched alkanes of at least 4 members (excludes halogenated alkanes) is 1. The summed E-state index contributed by atoms with van der Waals surface area (Å²) in [6.07, 6.45) is 3.43. The normalized spacial score (nSPS) is 14.1. The van der Waals surface area contributed by atoms with Crippen molar-refractivity contribution in [1.29, 1.82) is 0 Å². The Morgan fingerprint density at radius 1 is 1.11 bits per heavy atom. The SMILES string of the molecule is CCCCN1CCc2nc3cc(Cl)ccc3c(NNc3ccccc3)c2C1. The number of anilines is 2. The van der Waals surface area contributed by atoms with Crippen LogP contribution in [0.2, 0.25) is 5.02 Å². The van der Waals surface area contributed by atoms with Gasteiger partial charge in [-0.05, 0) is 43.3 Å². The van der Waals surface area contributed by atoms with Gasteiger partial charge < -0.3 is 5.43 Å². The number of hydrazine groups is 1. The molecule has 5 heteroatoms. The molecule has 0 unspecified atom stereocenters. The summed E-state index contributed by atoms with van der Waals surface area (Å²) in [7, 11) is 0. The van der Waals surface area contributed by atoms with Crippen LogP contribution in [-0.4, -0.2) is 23.0 Å². The Labute approximate surface area is 165 Å². The van der Waals surface area contributed by atoms with Crippen LogP contribution in [0, 0.1) is 0 Å². The number of hydrogen-bond acceptors (Lipinski definition) is 4. The number of halogens is 1. The van der Waals surface area contributed by atoms with Crippen molar-refractivity contribution in [3.8, 4) is 0 Å². The van der Waals surface area contributed by atoms with E-state index >= 15 is 0 Å². The van der Waals surface area contributed by atoms with E-state index in [1.165, 1.54) is 24.1 Å². The molecule has 0 spiro atoms. The molecule has 2 heterocycles. The minimum absolute atomic E-state index is 0.720. The Balaban J connectivity index is 1.71. The number of nitrogens with one attached hydrogen (secondary N) is 2. The fraction of sp³-hybridized carbons (Fsp3) is 0.318. The molecule has 2 N–H and O–H groups in total. The molecule has 0 saturated carbocycles. The lowest BCUT2D eigenvalue weighted by Gasteiger charge is -2.30. The molecule has 3 aromatic rings. The van der Waals surface area contributed by atoms with Gasteiger partial charge in [-0.25, -0.2) is 0 Å². The van der Waals surface area contributed by atoms with Crippen molar-refractivity contribution in [2.24, 2.45) is 0 Å². The van der Waals surface area contributed by atoms with Gasteiger partial charge in [-0.15, -0.1) is 0 Å². The van der Waals surface area contributed by atoms with Crippen molar-refractivity contribution in [3.63, 3.8) is 0 Å².